The number of ether oxygens (including phenoxy) is 1. The number of carbonyl (C=O) groups is 2. The van der Waals surface area contributed by atoms with Crippen molar-refractivity contribution in [2.24, 2.45) is 0 Å². The second kappa shape index (κ2) is 26.2. The van der Waals surface area contributed by atoms with Crippen LogP contribution in [-0.4, -0.2) is 155 Å². The van der Waals surface area contributed by atoms with Gasteiger partial charge < -0.3 is 19.4 Å². The number of benzene rings is 4. The van der Waals surface area contributed by atoms with Crippen LogP contribution in [0.2, 0.25) is 20.1 Å². The molecule has 73 heavy (non-hydrogen) atoms. The lowest BCUT2D eigenvalue weighted by molar-refractivity contribution is -0.0345. The van der Waals surface area contributed by atoms with Crippen LogP contribution in [0, 0.1) is 0 Å². The molecule has 17 heteroatoms. The van der Waals surface area contributed by atoms with Gasteiger partial charge in [0.25, 0.3) is 21.9 Å². The van der Waals surface area contributed by atoms with Crippen LogP contribution in [0.25, 0.3) is 0 Å². The van der Waals surface area contributed by atoms with Gasteiger partial charge in [-0.1, -0.05) is 114 Å². The van der Waals surface area contributed by atoms with Crippen LogP contribution in [0.15, 0.2) is 97.1 Å². The van der Waals surface area contributed by atoms with Gasteiger partial charge in [0.15, 0.2) is 0 Å². The SMILES string of the molecule is C1CCC(N2CNC2)CC1.CS(=O)(=O)OCCC1(c2ccc(Cl)c(Cl)c2)CCCN(C(=O)c2ccccc2)C1.O=C(c1ccccc1)N1CCCC(CCN2CC(N3CCOCC3)C2)(c2ccc(Cl)c(Cl)c2)C1. The van der Waals surface area contributed by atoms with Crippen LogP contribution in [-0.2, 0) is 29.9 Å². The second-order valence-corrected chi connectivity index (χ2v) is 24.0. The Morgan fingerprint density at radius 3 is 1.60 bits per heavy atom. The molecular formula is C56H72Cl4N6O6S. The molecule has 4 aromatic rings. The number of likely N-dealkylation sites (tertiary alicyclic amines) is 3. The summed E-state index contributed by atoms with van der Waals surface area (Å²) in [4.78, 5) is 37.9. The molecule has 0 bridgehead atoms. The zero-order valence-electron chi connectivity index (χ0n) is 42.2. The van der Waals surface area contributed by atoms with E-state index in [1.165, 1.54) is 37.7 Å². The average molecular weight is 1100 g/mol. The van der Waals surface area contributed by atoms with Crippen molar-refractivity contribution < 1.29 is 26.9 Å². The van der Waals surface area contributed by atoms with Crippen LogP contribution >= 0.6 is 46.4 Å². The van der Waals surface area contributed by atoms with Crippen molar-refractivity contribution in [2.45, 2.75) is 93.5 Å². The standard InChI is InChI=1S/C27H33Cl2N3O2.C21H23Cl2NO4S.C8H16N2/c28-24-8-7-22(17-25(24)29)27(10-12-30-18-23(19-30)31-13-15-34-16-14-31)9-4-11-32(20-27)26(33)21-5-2-1-3-6-21;1-29(26,27)28-13-11-21(17-8-9-18(22)19(23)14-17)10-5-12-24(15-21)20(25)16-6-3-2-4-7-16;1-2-4-8(5-3-1)10-6-9-7-10/h1-3,5-8,17,23H,4,9-16,18-20H2;2-4,6-9,14H,5,10-13,15H2,1H3;8-9H,1-7H2. The zero-order chi connectivity index (χ0) is 51.4. The third-order valence-corrected chi connectivity index (χ3v) is 17.9. The lowest BCUT2D eigenvalue weighted by Gasteiger charge is -2.49. The Kier molecular flexibility index (Phi) is 20.0. The quantitative estimate of drug-likeness (QED) is 0.130. The summed E-state index contributed by atoms with van der Waals surface area (Å²) in [5, 5.41) is 5.32. The highest BCUT2D eigenvalue weighted by atomic mass is 35.5. The fraction of sp³-hybridized carbons (Fsp3) is 0.536. The minimum absolute atomic E-state index is 0.0342. The molecule has 396 valence electrons. The Morgan fingerprint density at radius 2 is 1.14 bits per heavy atom. The second-order valence-electron chi connectivity index (χ2n) is 20.7. The minimum atomic E-state index is -3.55. The predicted molar refractivity (Wildman–Crippen MR) is 294 cm³/mol. The van der Waals surface area contributed by atoms with Gasteiger partial charge in [-0.3, -0.25) is 28.9 Å². The highest BCUT2D eigenvalue weighted by Gasteiger charge is 2.42. The normalized spacial score (nSPS) is 23.5. The highest BCUT2D eigenvalue weighted by Crippen LogP contribution is 2.42. The van der Waals surface area contributed by atoms with Crippen LogP contribution in [0.4, 0.5) is 0 Å². The number of halogens is 4. The molecule has 2 amide bonds. The van der Waals surface area contributed by atoms with Crippen LogP contribution < -0.4 is 5.32 Å². The first kappa shape index (κ1) is 55.9. The largest absolute Gasteiger partial charge is 0.379 e. The smallest absolute Gasteiger partial charge is 0.264 e. The first-order valence-corrected chi connectivity index (χ1v) is 29.5. The Hall–Kier alpha value is -3.31. The number of nitrogens with one attached hydrogen (secondary N) is 1. The van der Waals surface area contributed by atoms with Crippen molar-refractivity contribution in [1.29, 1.82) is 0 Å². The number of rotatable bonds is 13. The van der Waals surface area contributed by atoms with E-state index in [4.69, 9.17) is 55.3 Å². The summed E-state index contributed by atoms with van der Waals surface area (Å²) < 4.78 is 33.4. The van der Waals surface area contributed by atoms with E-state index in [2.05, 4.69) is 26.1 Å². The molecule has 12 nitrogen and oxygen atoms in total. The summed E-state index contributed by atoms with van der Waals surface area (Å²) in [7, 11) is -3.55. The molecule has 4 aromatic carbocycles. The number of hydrogen-bond acceptors (Lipinski definition) is 10. The Morgan fingerprint density at radius 1 is 0.630 bits per heavy atom. The summed E-state index contributed by atoms with van der Waals surface area (Å²) in [5.41, 5.74) is 2.91. The monoisotopic (exact) mass is 1100 g/mol. The van der Waals surface area contributed by atoms with Crippen LogP contribution in [0.1, 0.15) is 102 Å². The van der Waals surface area contributed by atoms with E-state index in [0.717, 1.165) is 121 Å². The van der Waals surface area contributed by atoms with E-state index >= 15 is 0 Å². The molecule has 1 N–H and O–H groups in total. The Balaban J connectivity index is 0.000000165. The Labute approximate surface area is 453 Å². The molecular weight excluding hydrogens is 1030 g/mol. The lowest BCUT2D eigenvalue weighted by atomic mass is 9.71. The molecule has 5 aliphatic heterocycles. The molecule has 1 saturated carbocycles. The maximum Gasteiger partial charge on any atom is 0.264 e. The van der Waals surface area contributed by atoms with E-state index < -0.39 is 15.5 Å². The first-order valence-electron chi connectivity index (χ1n) is 26.1. The molecule has 6 aliphatic rings. The van der Waals surface area contributed by atoms with Gasteiger partial charge in [0, 0.05) is 86.4 Å². The summed E-state index contributed by atoms with van der Waals surface area (Å²) >= 11 is 25.1. The lowest BCUT2D eigenvalue weighted by Crippen LogP contribution is -2.62. The molecule has 5 heterocycles. The molecule has 0 aromatic heterocycles. The van der Waals surface area contributed by atoms with E-state index in [-0.39, 0.29) is 23.8 Å². The van der Waals surface area contributed by atoms with Gasteiger partial charge in [0.2, 0.25) is 0 Å². The van der Waals surface area contributed by atoms with Gasteiger partial charge in [0.1, 0.15) is 0 Å². The predicted octanol–water partition coefficient (Wildman–Crippen LogP) is 10.2. The van der Waals surface area contributed by atoms with E-state index in [0.29, 0.717) is 57.8 Å². The van der Waals surface area contributed by atoms with Crippen LogP contribution in [0.5, 0.6) is 0 Å². The van der Waals surface area contributed by atoms with Crippen molar-refractivity contribution >= 4 is 68.3 Å². The molecule has 0 spiro atoms. The third kappa shape index (κ3) is 15.0. The number of carbonyl (C=O) groups excluding carboxylic acids is 2. The number of nitrogens with zero attached hydrogens (tertiary/aromatic N) is 5. The summed E-state index contributed by atoms with van der Waals surface area (Å²) in [6, 6.07) is 31.8. The molecule has 10 rings (SSSR count). The number of morpholine rings is 1. The zero-order valence-corrected chi connectivity index (χ0v) is 46.0. The van der Waals surface area contributed by atoms with Crippen LogP contribution in [0.3, 0.4) is 0 Å². The topological polar surface area (TPSA) is 115 Å². The van der Waals surface area contributed by atoms with E-state index in [9.17, 15) is 18.0 Å². The van der Waals surface area contributed by atoms with E-state index in [1.54, 1.807) is 24.3 Å². The maximum absolute atomic E-state index is 13.3. The minimum Gasteiger partial charge on any atom is -0.379 e. The van der Waals surface area contributed by atoms with Gasteiger partial charge in [0.05, 0.1) is 59.5 Å². The third-order valence-electron chi connectivity index (χ3n) is 15.8. The van der Waals surface area contributed by atoms with Gasteiger partial charge in [-0.15, -0.1) is 0 Å². The first-order chi connectivity index (χ1) is 35.2. The van der Waals surface area contributed by atoms with Gasteiger partial charge in [-0.05, 0) is 118 Å². The van der Waals surface area contributed by atoms with Gasteiger partial charge in [-0.25, -0.2) is 0 Å². The molecule has 1 aliphatic carbocycles. The molecule has 6 fully saturated rings. The highest BCUT2D eigenvalue weighted by molar-refractivity contribution is 7.85. The van der Waals surface area contributed by atoms with Crippen molar-refractivity contribution in [3.8, 4) is 0 Å². The van der Waals surface area contributed by atoms with Crippen molar-refractivity contribution in [1.82, 2.24) is 29.8 Å². The fourth-order valence-electron chi connectivity index (χ4n) is 11.6. The van der Waals surface area contributed by atoms with E-state index in [1.807, 2.05) is 76.5 Å². The van der Waals surface area contributed by atoms with Crippen molar-refractivity contribution in [3.05, 3.63) is 139 Å². The van der Waals surface area contributed by atoms with Gasteiger partial charge >= 0.3 is 0 Å². The number of amides is 2. The molecule has 5 saturated heterocycles. The Bertz CT molecular complexity index is 2550. The van der Waals surface area contributed by atoms with Crippen molar-refractivity contribution in [3.63, 3.8) is 0 Å². The summed E-state index contributed by atoms with van der Waals surface area (Å²) in [6.07, 6.45) is 13.4. The molecule has 0 radical (unpaired) electrons. The average Bonchev–Trinajstić information content (AvgIpc) is 3.38. The van der Waals surface area contributed by atoms with Crippen molar-refractivity contribution in [2.75, 3.05) is 98.3 Å². The molecule has 2 unspecified atom stereocenters. The summed E-state index contributed by atoms with van der Waals surface area (Å²) in [6.45, 7) is 12.0. The number of piperidine rings is 2. The summed E-state index contributed by atoms with van der Waals surface area (Å²) in [5.74, 6) is 0.0693. The number of hydrogen-bond donors (Lipinski definition) is 1. The van der Waals surface area contributed by atoms with Gasteiger partial charge in [-0.2, -0.15) is 8.42 Å². The molecule has 2 atom stereocenters. The fourth-order valence-corrected chi connectivity index (χ4v) is 12.5. The maximum atomic E-state index is 13.3.